The molecule has 11 nitrogen and oxygen atoms in total. The van der Waals surface area contributed by atoms with Crippen molar-refractivity contribution in [3.05, 3.63) is 59.3 Å². The summed E-state index contributed by atoms with van der Waals surface area (Å²) in [6, 6.07) is 6.21. The summed E-state index contributed by atoms with van der Waals surface area (Å²) in [5, 5.41) is 22.3. The van der Waals surface area contributed by atoms with E-state index in [9.17, 15) is 18.0 Å². The molecule has 0 bridgehead atoms. The highest BCUT2D eigenvalue weighted by Gasteiger charge is 2.38. The minimum absolute atomic E-state index is 0.115. The topological polar surface area (TPSA) is 164 Å². The molecule has 180 valence electrons. The summed E-state index contributed by atoms with van der Waals surface area (Å²) in [6.07, 6.45) is 0.508. The lowest BCUT2D eigenvalue weighted by Gasteiger charge is -2.09. The number of benzene rings is 1. The molecule has 0 fully saturated rings. The molecule has 15 heteroatoms. The molecule has 3 aromatic heterocycles. The summed E-state index contributed by atoms with van der Waals surface area (Å²) in [5.41, 5.74) is 4.83. The van der Waals surface area contributed by atoms with Gasteiger partial charge in [-0.3, -0.25) is 18.7 Å². The van der Waals surface area contributed by atoms with Crippen molar-refractivity contribution in [2.45, 2.75) is 12.7 Å². The number of hydrogen-bond donors (Lipinski definition) is 3. The zero-order valence-electron chi connectivity index (χ0n) is 17.4. The van der Waals surface area contributed by atoms with Crippen molar-refractivity contribution in [3.63, 3.8) is 0 Å². The van der Waals surface area contributed by atoms with Crippen LogP contribution < -0.4 is 11.1 Å². The number of fused-ring (bicyclic) bond motifs is 1. The van der Waals surface area contributed by atoms with Crippen molar-refractivity contribution in [1.82, 2.24) is 24.1 Å². The maximum atomic E-state index is 13.5. The van der Waals surface area contributed by atoms with Gasteiger partial charge in [-0.1, -0.05) is 11.6 Å². The van der Waals surface area contributed by atoms with Gasteiger partial charge in [0.1, 0.15) is 6.54 Å². The van der Waals surface area contributed by atoms with E-state index in [0.717, 1.165) is 10.9 Å². The first kappa shape index (κ1) is 25.0. The third kappa shape index (κ3) is 5.31. The molecule has 3 heterocycles. The number of carbonyl (C=O) groups excluding carboxylic acids is 1. The van der Waals surface area contributed by atoms with Crippen LogP contribution in [0, 0.1) is 11.3 Å². The standard InChI is InChI=1S/C19H12ClF3N8O.CH2O2/c20-13-7-10(1-2-11(13)16(25)32)28-17-18-27-8-14(31(18)6-4-26-17)12-9-30(5-3-24)29-15(12)19(21,22)23;2-1-3/h1-2,4,6-9H,5H2,(H2,25,32)(H,26,28);1H,(H,2,3). The second-order valence-electron chi connectivity index (χ2n) is 6.65. The van der Waals surface area contributed by atoms with Gasteiger partial charge in [0.25, 0.3) is 6.47 Å². The minimum Gasteiger partial charge on any atom is -0.483 e. The molecule has 0 aliphatic carbocycles. The molecule has 0 spiro atoms. The van der Waals surface area contributed by atoms with Crippen molar-refractivity contribution >= 4 is 41.1 Å². The number of hydrogen-bond acceptors (Lipinski definition) is 7. The molecule has 0 aliphatic rings. The molecule has 0 saturated heterocycles. The molecule has 1 aromatic carbocycles. The van der Waals surface area contributed by atoms with E-state index >= 15 is 0 Å². The number of halogens is 4. The molecule has 1 amide bonds. The molecule has 4 rings (SSSR count). The third-order valence-corrected chi connectivity index (χ3v) is 4.78. The van der Waals surface area contributed by atoms with Gasteiger partial charge in [0, 0.05) is 24.3 Å². The number of nitriles is 1. The fraction of sp³-hybridized carbons (Fsp3) is 0.100. The lowest BCUT2D eigenvalue weighted by molar-refractivity contribution is -0.141. The van der Waals surface area contributed by atoms with Crippen LogP contribution in [0.3, 0.4) is 0 Å². The van der Waals surface area contributed by atoms with E-state index in [0.29, 0.717) is 5.69 Å². The number of primary amides is 1. The van der Waals surface area contributed by atoms with Gasteiger partial charge in [0.05, 0.1) is 34.1 Å². The number of nitrogens with two attached hydrogens (primary N) is 1. The minimum atomic E-state index is -4.73. The fourth-order valence-corrected chi connectivity index (χ4v) is 3.38. The Hall–Kier alpha value is -4.64. The fourth-order valence-electron chi connectivity index (χ4n) is 3.11. The number of carboxylic acid groups (broad SMARTS) is 1. The molecule has 0 atom stereocenters. The van der Waals surface area contributed by atoms with E-state index in [1.54, 1.807) is 12.1 Å². The largest absolute Gasteiger partial charge is 0.483 e. The van der Waals surface area contributed by atoms with Crippen LogP contribution in [0.1, 0.15) is 16.1 Å². The number of aromatic nitrogens is 5. The highest BCUT2D eigenvalue weighted by Crippen LogP contribution is 2.37. The smallest absolute Gasteiger partial charge is 0.435 e. The highest BCUT2D eigenvalue weighted by atomic mass is 35.5. The number of alkyl halides is 3. The van der Waals surface area contributed by atoms with Crippen LogP contribution in [0.2, 0.25) is 5.02 Å². The van der Waals surface area contributed by atoms with Crippen LogP contribution in [0.15, 0.2) is 43.0 Å². The van der Waals surface area contributed by atoms with Crippen molar-refractivity contribution < 1.29 is 27.9 Å². The van der Waals surface area contributed by atoms with Gasteiger partial charge >= 0.3 is 6.18 Å². The summed E-state index contributed by atoms with van der Waals surface area (Å²) in [7, 11) is 0. The van der Waals surface area contributed by atoms with Crippen LogP contribution in [0.25, 0.3) is 16.9 Å². The number of carbonyl (C=O) groups is 2. The van der Waals surface area contributed by atoms with Crippen LogP contribution in [-0.4, -0.2) is 41.6 Å². The highest BCUT2D eigenvalue weighted by molar-refractivity contribution is 6.34. The van der Waals surface area contributed by atoms with Crippen LogP contribution in [-0.2, 0) is 17.5 Å². The van der Waals surface area contributed by atoms with Gasteiger partial charge < -0.3 is 16.2 Å². The van der Waals surface area contributed by atoms with Crippen molar-refractivity contribution in [1.29, 1.82) is 5.26 Å². The molecule has 0 radical (unpaired) electrons. The number of nitrogens with one attached hydrogen (secondary N) is 1. The monoisotopic (exact) mass is 506 g/mol. The quantitative estimate of drug-likeness (QED) is 0.347. The first-order valence-corrected chi connectivity index (χ1v) is 9.76. The summed E-state index contributed by atoms with van der Waals surface area (Å²) in [4.78, 5) is 28.1. The maximum Gasteiger partial charge on any atom is 0.435 e. The Kier molecular flexibility index (Phi) is 7.21. The van der Waals surface area contributed by atoms with Gasteiger partial charge in [-0.15, -0.1) is 0 Å². The normalized spacial score (nSPS) is 10.8. The third-order valence-electron chi connectivity index (χ3n) is 4.46. The Morgan fingerprint density at radius 1 is 1.34 bits per heavy atom. The van der Waals surface area contributed by atoms with E-state index in [-0.39, 0.29) is 46.3 Å². The van der Waals surface area contributed by atoms with E-state index in [4.69, 9.17) is 32.5 Å². The average Bonchev–Trinajstić information content (AvgIpc) is 3.39. The second-order valence-corrected chi connectivity index (χ2v) is 7.05. The Balaban J connectivity index is 0.00000108. The first-order valence-electron chi connectivity index (χ1n) is 9.39. The van der Waals surface area contributed by atoms with Crippen LogP contribution in [0.5, 0.6) is 0 Å². The van der Waals surface area contributed by atoms with Gasteiger partial charge in [-0.05, 0) is 18.2 Å². The lowest BCUT2D eigenvalue weighted by Crippen LogP contribution is -2.11. The average molecular weight is 507 g/mol. The Bertz CT molecular complexity index is 1440. The van der Waals surface area contributed by atoms with Gasteiger partial charge in [0.2, 0.25) is 5.91 Å². The van der Waals surface area contributed by atoms with E-state index in [1.807, 2.05) is 0 Å². The maximum absolute atomic E-state index is 13.5. The van der Waals surface area contributed by atoms with Gasteiger partial charge in [-0.2, -0.15) is 23.5 Å². The summed E-state index contributed by atoms with van der Waals surface area (Å²) >= 11 is 6.06. The van der Waals surface area contributed by atoms with E-state index in [1.165, 1.54) is 35.1 Å². The molecular weight excluding hydrogens is 493 g/mol. The molecule has 4 aromatic rings. The number of nitrogens with zero attached hydrogens (tertiary/aromatic N) is 6. The van der Waals surface area contributed by atoms with Crippen molar-refractivity contribution in [3.8, 4) is 17.3 Å². The molecule has 0 aliphatic heterocycles. The Morgan fingerprint density at radius 3 is 2.66 bits per heavy atom. The summed E-state index contributed by atoms with van der Waals surface area (Å²) in [6.45, 7) is -0.587. The van der Waals surface area contributed by atoms with Crippen LogP contribution in [0.4, 0.5) is 24.7 Å². The van der Waals surface area contributed by atoms with E-state index < -0.39 is 17.8 Å². The van der Waals surface area contributed by atoms with Gasteiger partial charge in [0.15, 0.2) is 17.2 Å². The number of rotatable bonds is 5. The van der Waals surface area contributed by atoms with Crippen molar-refractivity contribution in [2.24, 2.45) is 5.73 Å². The first-order chi connectivity index (χ1) is 16.6. The second kappa shape index (κ2) is 10.1. The Morgan fingerprint density at radius 2 is 2.06 bits per heavy atom. The predicted octanol–water partition coefficient (Wildman–Crippen LogP) is 3.33. The number of imidazole rings is 1. The molecular formula is C20H14ClF3N8O3. The zero-order chi connectivity index (χ0) is 25.8. The molecule has 35 heavy (non-hydrogen) atoms. The summed E-state index contributed by atoms with van der Waals surface area (Å²) < 4.78 is 42.9. The number of amides is 1. The lowest BCUT2D eigenvalue weighted by atomic mass is 10.2. The van der Waals surface area contributed by atoms with E-state index in [2.05, 4.69) is 20.4 Å². The zero-order valence-corrected chi connectivity index (χ0v) is 18.1. The number of anilines is 2. The van der Waals surface area contributed by atoms with Gasteiger partial charge in [-0.25, -0.2) is 9.97 Å². The molecule has 0 saturated carbocycles. The van der Waals surface area contributed by atoms with Crippen LogP contribution >= 0.6 is 11.6 Å². The van der Waals surface area contributed by atoms with Crippen molar-refractivity contribution in [2.75, 3.05) is 5.32 Å². The SMILES string of the molecule is N#CCn1cc(-c2cnc3c(Nc4ccc(C(N)=O)c(Cl)c4)nccn23)c(C(F)(F)F)n1.O=CO. The Labute approximate surface area is 199 Å². The predicted molar refractivity (Wildman–Crippen MR) is 117 cm³/mol. The molecule has 0 unspecified atom stereocenters. The molecule has 4 N–H and O–H groups in total. The summed E-state index contributed by atoms with van der Waals surface area (Å²) in [5.74, 6) is -0.447.